The molecule has 0 radical (unpaired) electrons. The zero-order valence-corrected chi connectivity index (χ0v) is 15.2. The molecule has 134 valence electrons. The number of ether oxygens (including phenoxy) is 2. The van der Waals surface area contributed by atoms with Crippen LogP contribution in [0.2, 0.25) is 0 Å². The molecule has 1 aromatic carbocycles. The maximum Gasteiger partial charge on any atom is 0.256 e. The van der Waals surface area contributed by atoms with Gasteiger partial charge in [0.25, 0.3) is 5.91 Å². The summed E-state index contributed by atoms with van der Waals surface area (Å²) in [6.45, 7) is 4.74. The predicted octanol–water partition coefficient (Wildman–Crippen LogP) is 4.17. The van der Waals surface area contributed by atoms with Crippen molar-refractivity contribution < 1.29 is 14.3 Å². The number of carbonyl (C=O) groups is 1. The highest BCUT2D eigenvalue weighted by molar-refractivity contribution is 6.05. The molecule has 1 aromatic heterocycles. The number of fused-ring (bicyclic) bond motifs is 1. The van der Waals surface area contributed by atoms with E-state index in [9.17, 15) is 4.79 Å². The van der Waals surface area contributed by atoms with Crippen molar-refractivity contribution in [1.82, 2.24) is 4.98 Å². The van der Waals surface area contributed by atoms with Crippen molar-refractivity contribution >= 4 is 22.5 Å². The molecular weight excluding hydrogens is 316 g/mol. The number of anilines is 1. The average molecular weight is 342 g/mol. The van der Waals surface area contributed by atoms with E-state index in [4.69, 9.17) is 9.47 Å². The molecule has 1 heterocycles. The number of rotatable bonds is 5. The van der Waals surface area contributed by atoms with Crippen LogP contribution >= 0.6 is 0 Å². The monoisotopic (exact) mass is 342 g/mol. The molecule has 3 rings (SSSR count). The first-order valence-corrected chi connectivity index (χ1v) is 8.97. The number of pyridine rings is 1. The third-order valence-corrected chi connectivity index (χ3v) is 5.17. The van der Waals surface area contributed by atoms with Gasteiger partial charge in [0.1, 0.15) is 16.9 Å². The van der Waals surface area contributed by atoms with Crippen molar-refractivity contribution in [2.24, 2.45) is 5.92 Å². The van der Waals surface area contributed by atoms with Gasteiger partial charge in [0.2, 0.25) is 0 Å². The molecule has 1 aliphatic rings. The Morgan fingerprint density at radius 1 is 1.32 bits per heavy atom. The molecular formula is C20H26N2O3. The summed E-state index contributed by atoms with van der Waals surface area (Å²) in [6, 6.07) is 7.55. The van der Waals surface area contributed by atoms with Crippen LogP contribution in [0.15, 0.2) is 30.5 Å². The molecule has 0 unspecified atom stereocenters. The number of carbonyl (C=O) groups excluding carboxylic acids is 1. The van der Waals surface area contributed by atoms with Gasteiger partial charge in [0.15, 0.2) is 0 Å². The summed E-state index contributed by atoms with van der Waals surface area (Å²) in [5.74, 6) is 1.30. The van der Waals surface area contributed by atoms with Gasteiger partial charge in [-0.1, -0.05) is 6.92 Å². The number of methoxy groups -OCH3 is 1. The first-order valence-electron chi connectivity index (χ1n) is 8.97. The van der Waals surface area contributed by atoms with Gasteiger partial charge in [-0.25, -0.2) is 0 Å². The highest BCUT2D eigenvalue weighted by Gasteiger charge is 2.41. The minimum atomic E-state index is -0.736. The first kappa shape index (κ1) is 17.7. The van der Waals surface area contributed by atoms with E-state index in [1.54, 1.807) is 13.3 Å². The summed E-state index contributed by atoms with van der Waals surface area (Å²) in [4.78, 5) is 17.4. The smallest absolute Gasteiger partial charge is 0.256 e. The maximum absolute atomic E-state index is 13.0. The van der Waals surface area contributed by atoms with Crippen molar-refractivity contribution in [3.63, 3.8) is 0 Å². The summed E-state index contributed by atoms with van der Waals surface area (Å²) in [5.41, 5.74) is 0.761. The number of benzene rings is 1. The number of aromatic nitrogens is 1. The topological polar surface area (TPSA) is 60.5 Å². The van der Waals surface area contributed by atoms with Gasteiger partial charge in [-0.2, -0.15) is 0 Å². The molecule has 25 heavy (non-hydrogen) atoms. The second kappa shape index (κ2) is 7.40. The minimum absolute atomic E-state index is 0.0730. The van der Waals surface area contributed by atoms with E-state index in [0.717, 1.165) is 48.0 Å². The lowest BCUT2D eigenvalue weighted by molar-refractivity contribution is -0.142. The Balaban J connectivity index is 1.90. The standard InChI is InChI=1S/C20H26N2O3/c1-4-25-17-8-7-16(15-6-5-13-21-18(15)17)22-19(23)20(24-3)11-9-14(2)10-12-20/h5-8,13-14H,4,9-12H2,1-3H3,(H,22,23). The molecule has 2 aromatic rings. The second-order valence-electron chi connectivity index (χ2n) is 6.78. The van der Waals surface area contributed by atoms with E-state index in [-0.39, 0.29) is 5.91 Å². The van der Waals surface area contributed by atoms with Crippen molar-refractivity contribution in [3.8, 4) is 5.75 Å². The van der Waals surface area contributed by atoms with Gasteiger partial charge in [-0.05, 0) is 62.8 Å². The number of amides is 1. The van der Waals surface area contributed by atoms with Crippen molar-refractivity contribution in [3.05, 3.63) is 30.5 Å². The van der Waals surface area contributed by atoms with E-state index in [0.29, 0.717) is 12.5 Å². The molecule has 1 fully saturated rings. The van der Waals surface area contributed by atoms with Gasteiger partial charge >= 0.3 is 0 Å². The zero-order chi connectivity index (χ0) is 17.9. The largest absolute Gasteiger partial charge is 0.492 e. The molecule has 5 heteroatoms. The van der Waals surface area contributed by atoms with Crippen molar-refractivity contribution in [1.29, 1.82) is 0 Å². The van der Waals surface area contributed by atoms with Crippen LogP contribution in [-0.2, 0) is 9.53 Å². The lowest BCUT2D eigenvalue weighted by Crippen LogP contribution is -2.47. The Bertz CT molecular complexity index is 752. The fraction of sp³-hybridized carbons (Fsp3) is 0.500. The SMILES string of the molecule is CCOc1ccc(NC(=O)C2(OC)CCC(C)CC2)c2cccnc12. The molecule has 1 amide bonds. The van der Waals surface area contributed by atoms with E-state index < -0.39 is 5.60 Å². The number of nitrogens with one attached hydrogen (secondary N) is 1. The van der Waals surface area contributed by atoms with Crippen molar-refractivity contribution in [2.45, 2.75) is 45.1 Å². The molecule has 0 spiro atoms. The molecule has 0 saturated heterocycles. The predicted molar refractivity (Wildman–Crippen MR) is 98.9 cm³/mol. The van der Waals surface area contributed by atoms with E-state index in [1.165, 1.54) is 0 Å². The van der Waals surface area contributed by atoms with Crippen LogP contribution in [0, 0.1) is 5.92 Å². The van der Waals surface area contributed by atoms with Crippen LogP contribution < -0.4 is 10.1 Å². The van der Waals surface area contributed by atoms with Crippen LogP contribution in [0.5, 0.6) is 5.75 Å². The van der Waals surface area contributed by atoms with E-state index >= 15 is 0 Å². The molecule has 1 saturated carbocycles. The van der Waals surface area contributed by atoms with Gasteiger partial charge in [0.05, 0.1) is 12.3 Å². The highest BCUT2D eigenvalue weighted by Crippen LogP contribution is 2.36. The summed E-state index contributed by atoms with van der Waals surface area (Å²) < 4.78 is 11.3. The lowest BCUT2D eigenvalue weighted by Gasteiger charge is -2.36. The van der Waals surface area contributed by atoms with Crippen LogP contribution in [-0.4, -0.2) is 30.2 Å². The van der Waals surface area contributed by atoms with Crippen LogP contribution in [0.3, 0.4) is 0 Å². The third kappa shape index (κ3) is 3.47. The average Bonchev–Trinajstić information content (AvgIpc) is 2.65. The number of nitrogens with zero attached hydrogens (tertiary/aromatic N) is 1. The number of hydrogen-bond donors (Lipinski definition) is 1. The zero-order valence-electron chi connectivity index (χ0n) is 15.2. The first-order chi connectivity index (χ1) is 12.1. The summed E-state index contributed by atoms with van der Waals surface area (Å²) in [7, 11) is 1.63. The molecule has 1 N–H and O–H groups in total. The van der Waals surface area contributed by atoms with Gasteiger partial charge < -0.3 is 14.8 Å². The summed E-state index contributed by atoms with van der Waals surface area (Å²) in [6.07, 6.45) is 5.25. The van der Waals surface area contributed by atoms with Gasteiger partial charge in [0, 0.05) is 18.7 Å². The number of hydrogen-bond acceptors (Lipinski definition) is 4. The van der Waals surface area contributed by atoms with Gasteiger partial charge in [-0.15, -0.1) is 0 Å². The Morgan fingerprint density at radius 3 is 2.76 bits per heavy atom. The molecule has 0 atom stereocenters. The lowest BCUT2D eigenvalue weighted by atomic mass is 9.79. The normalized spacial score (nSPS) is 23.4. The van der Waals surface area contributed by atoms with Crippen LogP contribution in [0.4, 0.5) is 5.69 Å². The van der Waals surface area contributed by atoms with E-state index in [1.807, 2.05) is 31.2 Å². The minimum Gasteiger partial charge on any atom is -0.492 e. The Labute approximate surface area is 148 Å². The van der Waals surface area contributed by atoms with Crippen LogP contribution in [0.25, 0.3) is 10.9 Å². The van der Waals surface area contributed by atoms with Crippen LogP contribution in [0.1, 0.15) is 39.5 Å². The summed E-state index contributed by atoms with van der Waals surface area (Å²) in [5, 5.41) is 3.94. The molecule has 5 nitrogen and oxygen atoms in total. The molecule has 1 aliphatic carbocycles. The fourth-order valence-electron chi connectivity index (χ4n) is 3.52. The van der Waals surface area contributed by atoms with E-state index in [2.05, 4.69) is 17.2 Å². The second-order valence-corrected chi connectivity index (χ2v) is 6.78. The Kier molecular flexibility index (Phi) is 5.23. The quantitative estimate of drug-likeness (QED) is 0.886. The maximum atomic E-state index is 13.0. The molecule has 0 bridgehead atoms. The Hall–Kier alpha value is -2.14. The third-order valence-electron chi connectivity index (χ3n) is 5.17. The fourth-order valence-corrected chi connectivity index (χ4v) is 3.52. The van der Waals surface area contributed by atoms with Gasteiger partial charge in [-0.3, -0.25) is 9.78 Å². The molecule has 0 aliphatic heterocycles. The highest BCUT2D eigenvalue weighted by atomic mass is 16.5. The summed E-state index contributed by atoms with van der Waals surface area (Å²) >= 11 is 0. The Morgan fingerprint density at radius 2 is 2.08 bits per heavy atom. The van der Waals surface area contributed by atoms with Crippen molar-refractivity contribution in [2.75, 3.05) is 19.0 Å².